The molecule has 0 aliphatic heterocycles. The predicted octanol–water partition coefficient (Wildman–Crippen LogP) is 2.31. The van der Waals surface area contributed by atoms with Gasteiger partial charge in [0.25, 0.3) is 0 Å². The van der Waals surface area contributed by atoms with Gasteiger partial charge in [-0.15, -0.1) is 0 Å². The summed E-state index contributed by atoms with van der Waals surface area (Å²) in [4.78, 5) is 0.109. The van der Waals surface area contributed by atoms with Crippen LogP contribution in [0.1, 0.15) is 29.0 Å². The van der Waals surface area contributed by atoms with Crippen molar-refractivity contribution in [2.24, 2.45) is 0 Å². The minimum absolute atomic E-state index is 0.0236. The molecule has 0 aromatic heterocycles. The second-order valence-corrected chi connectivity index (χ2v) is 7.30. The Bertz CT molecular complexity index is 827. The van der Waals surface area contributed by atoms with Gasteiger partial charge in [0, 0.05) is 13.2 Å². The van der Waals surface area contributed by atoms with E-state index in [1.54, 1.807) is 19.1 Å². The fourth-order valence-electron chi connectivity index (χ4n) is 2.51. The maximum Gasteiger partial charge on any atom is 0.240 e. The number of aryl methyl sites for hydroxylation is 1. The van der Waals surface area contributed by atoms with Gasteiger partial charge in [-0.2, -0.15) is 5.26 Å². The van der Waals surface area contributed by atoms with Gasteiger partial charge in [0.1, 0.15) is 0 Å². The minimum Gasteiger partial charge on any atom is -0.396 e. The first-order chi connectivity index (χ1) is 11.5. The van der Waals surface area contributed by atoms with E-state index in [0.717, 1.165) is 5.56 Å². The molecule has 0 aliphatic carbocycles. The van der Waals surface area contributed by atoms with Gasteiger partial charge < -0.3 is 5.11 Å². The van der Waals surface area contributed by atoms with E-state index in [1.807, 2.05) is 36.4 Å². The maximum absolute atomic E-state index is 12.6. The Morgan fingerprint density at radius 2 is 1.92 bits per heavy atom. The number of sulfonamides is 1. The Balaban J connectivity index is 2.21. The summed E-state index contributed by atoms with van der Waals surface area (Å²) in [6, 6.07) is 16.0. The van der Waals surface area contributed by atoms with Crippen LogP contribution < -0.4 is 4.72 Å². The fraction of sp³-hybridized carbons (Fsp3) is 0.278. The van der Waals surface area contributed by atoms with Crippen LogP contribution in [0.5, 0.6) is 0 Å². The number of benzene rings is 2. The summed E-state index contributed by atoms with van der Waals surface area (Å²) in [5.74, 6) is -0.120. The average molecular weight is 344 g/mol. The molecule has 0 aliphatic rings. The largest absolute Gasteiger partial charge is 0.396 e. The van der Waals surface area contributed by atoms with E-state index >= 15 is 0 Å². The first kappa shape index (κ1) is 18.1. The van der Waals surface area contributed by atoms with Crippen LogP contribution in [-0.4, -0.2) is 26.7 Å². The zero-order valence-corrected chi connectivity index (χ0v) is 14.3. The lowest BCUT2D eigenvalue weighted by Gasteiger charge is -2.18. The molecule has 6 heteroatoms. The maximum atomic E-state index is 12.6. The van der Waals surface area contributed by atoms with Crippen LogP contribution in [0, 0.1) is 18.3 Å². The summed E-state index contributed by atoms with van der Waals surface area (Å²) in [5.41, 5.74) is 1.85. The van der Waals surface area contributed by atoms with Gasteiger partial charge in [0.15, 0.2) is 0 Å². The van der Waals surface area contributed by atoms with E-state index in [4.69, 9.17) is 5.26 Å². The molecule has 2 rings (SSSR count). The van der Waals surface area contributed by atoms with Crippen LogP contribution in [0.25, 0.3) is 0 Å². The number of hydrogen-bond donors (Lipinski definition) is 2. The predicted molar refractivity (Wildman–Crippen MR) is 92.0 cm³/mol. The van der Waals surface area contributed by atoms with E-state index in [0.29, 0.717) is 17.5 Å². The zero-order chi connectivity index (χ0) is 17.6. The Morgan fingerprint density at radius 3 is 2.54 bits per heavy atom. The molecule has 126 valence electrons. The molecule has 1 unspecified atom stereocenters. The summed E-state index contributed by atoms with van der Waals surface area (Å²) in [6.45, 7) is 1.85. The highest BCUT2D eigenvalue weighted by Gasteiger charge is 2.20. The monoisotopic (exact) mass is 344 g/mol. The van der Waals surface area contributed by atoms with Crippen molar-refractivity contribution in [1.82, 2.24) is 4.72 Å². The smallest absolute Gasteiger partial charge is 0.240 e. The highest BCUT2D eigenvalue weighted by Crippen LogP contribution is 2.21. The van der Waals surface area contributed by atoms with Crippen LogP contribution in [0.15, 0.2) is 53.4 Å². The summed E-state index contributed by atoms with van der Waals surface area (Å²) < 4.78 is 27.8. The number of aliphatic hydroxyl groups excluding tert-OH is 1. The Hall–Kier alpha value is -2.20. The first-order valence-electron chi connectivity index (χ1n) is 7.64. The summed E-state index contributed by atoms with van der Waals surface area (Å²) in [7, 11) is -3.73. The van der Waals surface area contributed by atoms with E-state index < -0.39 is 10.0 Å². The molecule has 0 bridgehead atoms. The zero-order valence-electron chi connectivity index (χ0n) is 13.4. The third kappa shape index (κ3) is 4.42. The van der Waals surface area contributed by atoms with Crippen molar-refractivity contribution in [3.05, 3.63) is 65.2 Å². The van der Waals surface area contributed by atoms with Crippen molar-refractivity contribution in [3.63, 3.8) is 0 Å². The molecule has 0 saturated heterocycles. The highest BCUT2D eigenvalue weighted by molar-refractivity contribution is 7.89. The van der Waals surface area contributed by atoms with E-state index in [-0.39, 0.29) is 24.0 Å². The van der Waals surface area contributed by atoms with Crippen LogP contribution in [0.4, 0.5) is 0 Å². The van der Waals surface area contributed by atoms with E-state index in [2.05, 4.69) is 4.72 Å². The molecule has 2 N–H and O–H groups in total. The lowest BCUT2D eigenvalue weighted by Crippen LogP contribution is -2.29. The van der Waals surface area contributed by atoms with Gasteiger partial charge in [-0.25, -0.2) is 13.1 Å². The number of nitrogens with one attached hydrogen (secondary N) is 1. The molecule has 0 radical (unpaired) electrons. The normalized spacial score (nSPS) is 12.5. The van der Waals surface area contributed by atoms with Gasteiger partial charge in [0.05, 0.1) is 16.5 Å². The number of nitriles is 1. The Labute approximate surface area is 142 Å². The van der Waals surface area contributed by atoms with Crippen LogP contribution in [-0.2, 0) is 10.0 Å². The van der Waals surface area contributed by atoms with Crippen LogP contribution >= 0.6 is 0 Å². The van der Waals surface area contributed by atoms with Crippen LogP contribution in [0.3, 0.4) is 0 Å². The number of aliphatic hydroxyl groups is 1. The molecule has 0 spiro atoms. The topological polar surface area (TPSA) is 90.2 Å². The van der Waals surface area contributed by atoms with Crippen molar-refractivity contribution in [1.29, 1.82) is 5.26 Å². The molecular formula is C18H20N2O3S. The number of hydrogen-bond acceptors (Lipinski definition) is 4. The molecule has 0 fully saturated rings. The lowest BCUT2D eigenvalue weighted by atomic mass is 9.96. The summed E-state index contributed by atoms with van der Waals surface area (Å²) in [5, 5.41) is 18.2. The van der Waals surface area contributed by atoms with Gasteiger partial charge in [-0.3, -0.25) is 0 Å². The van der Waals surface area contributed by atoms with E-state index in [9.17, 15) is 13.5 Å². The standard InChI is InChI=1S/C18H20N2O3S/c1-14-7-8-15(12-19)11-18(14)24(22,23)20-13-17(9-10-21)16-5-3-2-4-6-16/h2-8,11,17,20-21H,9-10,13H2,1H3. The molecule has 0 amide bonds. The summed E-state index contributed by atoms with van der Waals surface area (Å²) >= 11 is 0. The Kier molecular flexibility index (Phi) is 6.10. The molecule has 0 heterocycles. The first-order valence-corrected chi connectivity index (χ1v) is 9.12. The van der Waals surface area contributed by atoms with Crippen LogP contribution in [0.2, 0.25) is 0 Å². The third-order valence-electron chi connectivity index (χ3n) is 3.88. The molecule has 2 aromatic carbocycles. The summed E-state index contributed by atoms with van der Waals surface area (Å²) in [6.07, 6.45) is 0.462. The van der Waals surface area contributed by atoms with Gasteiger partial charge in [-0.1, -0.05) is 36.4 Å². The quantitative estimate of drug-likeness (QED) is 0.806. The molecular weight excluding hydrogens is 324 g/mol. The van der Waals surface area contributed by atoms with Crippen molar-refractivity contribution in [2.75, 3.05) is 13.2 Å². The highest BCUT2D eigenvalue weighted by atomic mass is 32.2. The van der Waals surface area contributed by atoms with Gasteiger partial charge >= 0.3 is 0 Å². The van der Waals surface area contributed by atoms with Crippen molar-refractivity contribution in [3.8, 4) is 6.07 Å². The fourth-order valence-corrected chi connectivity index (χ4v) is 3.86. The molecule has 0 saturated carbocycles. The molecule has 1 atom stereocenters. The molecule has 2 aromatic rings. The van der Waals surface area contributed by atoms with E-state index in [1.165, 1.54) is 6.07 Å². The molecule has 5 nitrogen and oxygen atoms in total. The number of nitrogens with zero attached hydrogens (tertiary/aromatic N) is 1. The molecule has 24 heavy (non-hydrogen) atoms. The SMILES string of the molecule is Cc1ccc(C#N)cc1S(=O)(=O)NCC(CCO)c1ccccc1. The Morgan fingerprint density at radius 1 is 1.21 bits per heavy atom. The minimum atomic E-state index is -3.73. The van der Waals surface area contributed by atoms with Crippen molar-refractivity contribution < 1.29 is 13.5 Å². The van der Waals surface area contributed by atoms with Gasteiger partial charge in [-0.05, 0) is 42.5 Å². The second-order valence-electron chi connectivity index (χ2n) is 5.56. The van der Waals surface area contributed by atoms with Crippen molar-refractivity contribution >= 4 is 10.0 Å². The number of rotatable bonds is 7. The second kappa shape index (κ2) is 8.06. The lowest BCUT2D eigenvalue weighted by molar-refractivity contribution is 0.275. The average Bonchev–Trinajstić information content (AvgIpc) is 2.59. The van der Waals surface area contributed by atoms with Gasteiger partial charge in [0.2, 0.25) is 10.0 Å². The van der Waals surface area contributed by atoms with Crippen molar-refractivity contribution in [2.45, 2.75) is 24.2 Å². The third-order valence-corrected chi connectivity index (χ3v) is 5.44.